The second-order valence-electron chi connectivity index (χ2n) is 3.73. The summed E-state index contributed by atoms with van der Waals surface area (Å²) in [5.41, 5.74) is 6.64. The van der Waals surface area contributed by atoms with Crippen molar-refractivity contribution in [3.63, 3.8) is 0 Å². The molecule has 1 fully saturated rings. The maximum absolute atomic E-state index is 11.3. The normalized spacial score (nSPS) is 14.2. The zero-order chi connectivity index (χ0) is 11.5. The molecule has 2 rings (SSSR count). The van der Waals surface area contributed by atoms with E-state index in [4.69, 9.17) is 5.73 Å². The molecule has 1 aromatic carbocycles. The summed E-state index contributed by atoms with van der Waals surface area (Å²) in [6.45, 7) is 0. The van der Waals surface area contributed by atoms with Gasteiger partial charge in [0.15, 0.2) is 0 Å². The maximum Gasteiger partial charge on any atom is 0.419 e. The second-order valence-corrected chi connectivity index (χ2v) is 3.73. The van der Waals surface area contributed by atoms with Gasteiger partial charge in [-0.3, -0.25) is 10.1 Å². The molecule has 84 valence electrons. The minimum atomic E-state index is -0.748. The van der Waals surface area contributed by atoms with Crippen molar-refractivity contribution in [3.05, 3.63) is 24.3 Å². The number of ether oxygens (including phenoxy) is 1. The highest BCUT2D eigenvalue weighted by Gasteiger charge is 2.32. The van der Waals surface area contributed by atoms with E-state index in [0.717, 1.165) is 12.8 Å². The van der Waals surface area contributed by atoms with E-state index in [1.165, 1.54) is 0 Å². The molecule has 1 saturated carbocycles. The molecule has 0 radical (unpaired) electrons. The van der Waals surface area contributed by atoms with Crippen LogP contribution < -0.4 is 11.1 Å². The van der Waals surface area contributed by atoms with Gasteiger partial charge in [0.25, 0.3) is 0 Å². The zero-order valence-corrected chi connectivity index (χ0v) is 8.60. The lowest BCUT2D eigenvalue weighted by Crippen LogP contribution is -2.19. The van der Waals surface area contributed by atoms with Crippen molar-refractivity contribution in [2.24, 2.45) is 5.92 Å². The quantitative estimate of drug-likeness (QED) is 0.452. The number of carbonyl (C=O) groups excluding carboxylic acids is 2. The fraction of sp³-hybridized carbons (Fsp3) is 0.273. The molecule has 0 saturated heterocycles. The smallest absolute Gasteiger partial charge is 0.399 e. The fourth-order valence-electron chi connectivity index (χ4n) is 1.20. The Morgan fingerprint density at radius 2 is 1.88 bits per heavy atom. The Balaban J connectivity index is 1.86. The molecule has 0 spiro atoms. The molecule has 5 heteroatoms. The van der Waals surface area contributed by atoms with E-state index in [9.17, 15) is 9.59 Å². The largest absolute Gasteiger partial charge is 0.419 e. The Morgan fingerprint density at radius 1 is 1.25 bits per heavy atom. The van der Waals surface area contributed by atoms with Crippen molar-refractivity contribution in [3.8, 4) is 0 Å². The number of rotatable bonds is 2. The highest BCUT2D eigenvalue weighted by atomic mass is 16.6. The van der Waals surface area contributed by atoms with Crippen LogP contribution in [0.2, 0.25) is 0 Å². The van der Waals surface area contributed by atoms with Crippen LogP contribution in [0.3, 0.4) is 0 Å². The number of hydrogen-bond donors (Lipinski definition) is 2. The lowest BCUT2D eigenvalue weighted by molar-refractivity contribution is -0.138. The van der Waals surface area contributed by atoms with E-state index in [1.807, 2.05) is 0 Å². The van der Waals surface area contributed by atoms with Crippen LogP contribution in [0.5, 0.6) is 0 Å². The highest BCUT2D eigenvalue weighted by molar-refractivity contribution is 5.94. The summed E-state index contributed by atoms with van der Waals surface area (Å²) in [5, 5.41) is 2.45. The van der Waals surface area contributed by atoms with E-state index >= 15 is 0 Å². The Labute approximate surface area is 92.6 Å². The number of benzene rings is 1. The van der Waals surface area contributed by atoms with Gasteiger partial charge in [0.05, 0.1) is 5.92 Å². The predicted molar refractivity (Wildman–Crippen MR) is 58.7 cm³/mol. The molecule has 1 amide bonds. The molecule has 3 N–H and O–H groups in total. The third-order valence-corrected chi connectivity index (χ3v) is 2.26. The molecule has 16 heavy (non-hydrogen) atoms. The Morgan fingerprint density at radius 3 is 2.44 bits per heavy atom. The number of hydrogen-bond acceptors (Lipinski definition) is 4. The second kappa shape index (κ2) is 4.22. The average Bonchev–Trinajstić information content (AvgIpc) is 3.04. The van der Waals surface area contributed by atoms with Gasteiger partial charge in [-0.2, -0.15) is 0 Å². The van der Waals surface area contributed by atoms with Crippen molar-refractivity contribution in [2.45, 2.75) is 12.8 Å². The average molecular weight is 220 g/mol. The molecule has 0 aliphatic heterocycles. The van der Waals surface area contributed by atoms with Crippen LogP contribution in [0, 0.1) is 5.92 Å². The lowest BCUT2D eigenvalue weighted by atomic mass is 10.3. The van der Waals surface area contributed by atoms with Gasteiger partial charge in [0, 0.05) is 11.4 Å². The molecule has 0 aromatic heterocycles. The molecule has 1 aliphatic rings. The molecular formula is C11H12N2O3. The standard InChI is InChI=1S/C11H12N2O3/c12-8-3-5-9(6-4-8)13-11(15)16-10(14)7-1-2-7/h3-7H,1-2,12H2,(H,13,15). The van der Waals surface area contributed by atoms with Crippen LogP contribution in [-0.2, 0) is 9.53 Å². The SMILES string of the molecule is Nc1ccc(NC(=O)OC(=O)C2CC2)cc1. The zero-order valence-electron chi connectivity index (χ0n) is 8.60. The van der Waals surface area contributed by atoms with Crippen LogP contribution in [0.15, 0.2) is 24.3 Å². The summed E-state index contributed by atoms with van der Waals surface area (Å²) in [6.07, 6.45) is 0.878. The number of anilines is 2. The molecule has 0 heterocycles. The predicted octanol–water partition coefficient (Wildman–Crippen LogP) is 1.75. The molecule has 0 unspecified atom stereocenters. The third kappa shape index (κ3) is 2.73. The van der Waals surface area contributed by atoms with Crippen LogP contribution in [0.4, 0.5) is 16.2 Å². The van der Waals surface area contributed by atoms with E-state index < -0.39 is 12.1 Å². The van der Waals surface area contributed by atoms with Crippen molar-refractivity contribution < 1.29 is 14.3 Å². The van der Waals surface area contributed by atoms with Gasteiger partial charge in [-0.15, -0.1) is 0 Å². The van der Waals surface area contributed by atoms with Gasteiger partial charge in [-0.25, -0.2) is 4.79 Å². The number of amides is 1. The molecule has 5 nitrogen and oxygen atoms in total. The first kappa shape index (κ1) is 10.5. The van der Waals surface area contributed by atoms with Crippen molar-refractivity contribution in [2.75, 3.05) is 11.1 Å². The van der Waals surface area contributed by atoms with Crippen LogP contribution in [-0.4, -0.2) is 12.1 Å². The molecule has 0 bridgehead atoms. The summed E-state index contributed by atoms with van der Waals surface area (Å²) < 4.78 is 4.59. The number of nitrogen functional groups attached to an aromatic ring is 1. The molecular weight excluding hydrogens is 208 g/mol. The number of esters is 1. The van der Waals surface area contributed by atoms with Crippen LogP contribution in [0.25, 0.3) is 0 Å². The van der Waals surface area contributed by atoms with Crippen molar-refractivity contribution in [1.29, 1.82) is 0 Å². The molecule has 0 atom stereocenters. The third-order valence-electron chi connectivity index (χ3n) is 2.26. The van der Waals surface area contributed by atoms with E-state index in [2.05, 4.69) is 10.1 Å². The first-order valence-electron chi connectivity index (χ1n) is 5.03. The van der Waals surface area contributed by atoms with Crippen molar-refractivity contribution in [1.82, 2.24) is 0 Å². The Bertz CT molecular complexity index is 410. The lowest BCUT2D eigenvalue weighted by Gasteiger charge is -2.04. The summed E-state index contributed by atoms with van der Waals surface area (Å²) >= 11 is 0. The minimum Gasteiger partial charge on any atom is -0.399 e. The number of carbonyl (C=O) groups is 2. The maximum atomic E-state index is 11.3. The van der Waals surface area contributed by atoms with Gasteiger partial charge in [0.2, 0.25) is 0 Å². The van der Waals surface area contributed by atoms with Crippen molar-refractivity contribution >= 4 is 23.4 Å². The summed E-state index contributed by atoms with van der Waals surface area (Å²) in [7, 11) is 0. The van der Waals surface area contributed by atoms with E-state index in [1.54, 1.807) is 24.3 Å². The highest BCUT2D eigenvalue weighted by Crippen LogP contribution is 2.30. The first-order chi connectivity index (χ1) is 7.65. The van der Waals surface area contributed by atoms with Gasteiger partial charge in [-0.1, -0.05) is 0 Å². The Hall–Kier alpha value is -2.04. The fourth-order valence-corrected chi connectivity index (χ4v) is 1.20. The number of nitrogens with one attached hydrogen (secondary N) is 1. The van der Waals surface area contributed by atoms with E-state index in [-0.39, 0.29) is 5.92 Å². The topological polar surface area (TPSA) is 81.4 Å². The monoisotopic (exact) mass is 220 g/mol. The van der Waals surface area contributed by atoms with Gasteiger partial charge < -0.3 is 10.5 Å². The summed E-state index contributed by atoms with van der Waals surface area (Å²) in [6, 6.07) is 6.58. The van der Waals surface area contributed by atoms with Crippen LogP contribution >= 0.6 is 0 Å². The van der Waals surface area contributed by atoms with Gasteiger partial charge in [-0.05, 0) is 37.1 Å². The van der Waals surface area contributed by atoms with Gasteiger partial charge >= 0.3 is 12.1 Å². The van der Waals surface area contributed by atoms with Gasteiger partial charge in [0.1, 0.15) is 0 Å². The minimum absolute atomic E-state index is 0.0860. The summed E-state index contributed by atoms with van der Waals surface area (Å²) in [4.78, 5) is 22.4. The molecule has 1 aliphatic carbocycles. The Kier molecular flexibility index (Phi) is 2.76. The first-order valence-corrected chi connectivity index (χ1v) is 5.03. The molecule has 1 aromatic rings. The van der Waals surface area contributed by atoms with E-state index in [0.29, 0.717) is 11.4 Å². The summed E-state index contributed by atoms with van der Waals surface area (Å²) in [5.74, 6) is -0.537. The number of nitrogens with two attached hydrogens (primary N) is 1. The van der Waals surface area contributed by atoms with Crippen LogP contribution in [0.1, 0.15) is 12.8 Å².